The average Bonchev–Trinajstić information content (AvgIpc) is 3.26. The molecule has 29 heavy (non-hydrogen) atoms. The highest BCUT2D eigenvalue weighted by Crippen LogP contribution is 2.21. The number of piperazine rings is 1. The third-order valence-corrected chi connectivity index (χ3v) is 5.34. The zero-order valence-corrected chi connectivity index (χ0v) is 16.6. The number of hydrogen-bond acceptors (Lipinski definition) is 6. The number of hydrogen-bond donors (Lipinski definition) is 1. The van der Waals surface area contributed by atoms with Crippen molar-refractivity contribution in [3.8, 4) is 0 Å². The normalized spacial score (nSPS) is 19.4. The lowest BCUT2D eigenvalue weighted by molar-refractivity contribution is 0.0853. The third-order valence-electron chi connectivity index (χ3n) is 5.34. The molecule has 0 radical (unpaired) electrons. The Balaban J connectivity index is 1.40. The number of carbonyl (C=O) groups excluding carboxylic acids is 1. The van der Waals surface area contributed by atoms with E-state index in [2.05, 4.69) is 15.3 Å². The van der Waals surface area contributed by atoms with Crippen LogP contribution in [0.25, 0.3) is 0 Å². The van der Waals surface area contributed by atoms with E-state index in [9.17, 15) is 9.18 Å². The smallest absolute Gasteiger partial charge is 0.270 e. The van der Waals surface area contributed by atoms with E-state index in [1.54, 1.807) is 18.2 Å². The Morgan fingerprint density at radius 3 is 2.69 bits per heavy atom. The Morgan fingerprint density at radius 1 is 1.21 bits per heavy atom. The van der Waals surface area contributed by atoms with Crippen molar-refractivity contribution in [2.45, 2.75) is 25.9 Å². The summed E-state index contributed by atoms with van der Waals surface area (Å²) in [6.45, 7) is 5.77. The highest BCUT2D eigenvalue weighted by Gasteiger charge is 2.23. The first-order chi connectivity index (χ1) is 14.1. The van der Waals surface area contributed by atoms with E-state index in [1.165, 1.54) is 6.07 Å². The monoisotopic (exact) mass is 399 g/mol. The standard InChI is InChI=1S/C21H26FN5O2/c1-15-13-18(20(28)23-14-16-5-4-12-29-16)25-21(24-15)27-10-8-26(9-11-27)19-7-3-2-6-17(19)22/h2-3,6-7,13,16H,4-5,8-12,14H2,1H3,(H,23,28). The summed E-state index contributed by atoms with van der Waals surface area (Å²) >= 11 is 0. The number of para-hydroxylation sites is 1. The van der Waals surface area contributed by atoms with Gasteiger partial charge in [-0.1, -0.05) is 12.1 Å². The van der Waals surface area contributed by atoms with Crippen LogP contribution in [0, 0.1) is 12.7 Å². The molecule has 2 aromatic rings. The molecular formula is C21H26FN5O2. The summed E-state index contributed by atoms with van der Waals surface area (Å²) in [4.78, 5) is 25.6. The molecule has 2 aliphatic rings. The van der Waals surface area contributed by atoms with Crippen LogP contribution in [0.4, 0.5) is 16.0 Å². The van der Waals surface area contributed by atoms with Gasteiger partial charge in [-0.3, -0.25) is 4.79 Å². The van der Waals surface area contributed by atoms with Gasteiger partial charge >= 0.3 is 0 Å². The lowest BCUT2D eigenvalue weighted by atomic mass is 10.2. The molecule has 2 fully saturated rings. The minimum absolute atomic E-state index is 0.0906. The number of nitrogens with one attached hydrogen (secondary N) is 1. The largest absolute Gasteiger partial charge is 0.376 e. The summed E-state index contributed by atoms with van der Waals surface area (Å²) in [5.41, 5.74) is 1.72. The lowest BCUT2D eigenvalue weighted by Gasteiger charge is -2.36. The maximum absolute atomic E-state index is 14.0. The van der Waals surface area contributed by atoms with Crippen molar-refractivity contribution < 1.29 is 13.9 Å². The summed E-state index contributed by atoms with van der Waals surface area (Å²) in [5.74, 6) is 0.121. The molecule has 154 valence electrons. The van der Waals surface area contributed by atoms with Crippen molar-refractivity contribution in [3.63, 3.8) is 0 Å². The average molecular weight is 399 g/mol. The third kappa shape index (κ3) is 4.64. The van der Waals surface area contributed by atoms with E-state index in [0.29, 0.717) is 50.1 Å². The van der Waals surface area contributed by atoms with E-state index >= 15 is 0 Å². The summed E-state index contributed by atoms with van der Waals surface area (Å²) in [6.07, 6.45) is 2.10. The van der Waals surface area contributed by atoms with Gasteiger partial charge in [0.05, 0.1) is 11.8 Å². The predicted octanol–water partition coefficient (Wildman–Crippen LogP) is 2.16. The molecule has 2 saturated heterocycles. The van der Waals surface area contributed by atoms with Crippen LogP contribution in [0.3, 0.4) is 0 Å². The molecular weight excluding hydrogens is 373 g/mol. The molecule has 8 heteroatoms. The molecule has 1 unspecified atom stereocenters. The number of aryl methyl sites for hydroxylation is 1. The number of aromatic nitrogens is 2. The van der Waals surface area contributed by atoms with Crippen LogP contribution in [0.15, 0.2) is 30.3 Å². The Kier molecular flexibility index (Phi) is 5.89. The first kappa shape index (κ1) is 19.6. The SMILES string of the molecule is Cc1cc(C(=O)NCC2CCCO2)nc(N2CCN(c3ccccc3F)CC2)n1. The van der Waals surface area contributed by atoms with Gasteiger partial charge in [0.1, 0.15) is 11.5 Å². The molecule has 4 rings (SSSR count). The number of ether oxygens (including phenoxy) is 1. The van der Waals surface area contributed by atoms with Crippen LogP contribution in [0.2, 0.25) is 0 Å². The molecule has 0 aliphatic carbocycles. The second-order valence-corrected chi connectivity index (χ2v) is 7.47. The molecule has 0 bridgehead atoms. The first-order valence-electron chi connectivity index (χ1n) is 10.1. The van der Waals surface area contributed by atoms with Crippen LogP contribution >= 0.6 is 0 Å². The zero-order chi connectivity index (χ0) is 20.2. The Hall–Kier alpha value is -2.74. The van der Waals surface area contributed by atoms with Crippen molar-refractivity contribution in [2.24, 2.45) is 0 Å². The Morgan fingerprint density at radius 2 is 1.97 bits per heavy atom. The number of rotatable bonds is 5. The minimum atomic E-state index is -0.211. The predicted molar refractivity (Wildman–Crippen MR) is 109 cm³/mol. The van der Waals surface area contributed by atoms with Gasteiger partial charge in [0, 0.05) is 45.0 Å². The number of halogens is 1. The Bertz CT molecular complexity index is 864. The molecule has 1 aromatic carbocycles. The maximum Gasteiger partial charge on any atom is 0.270 e. The van der Waals surface area contributed by atoms with Gasteiger partial charge in [0.25, 0.3) is 5.91 Å². The van der Waals surface area contributed by atoms with Gasteiger partial charge in [0.2, 0.25) is 5.95 Å². The highest BCUT2D eigenvalue weighted by molar-refractivity contribution is 5.92. The topological polar surface area (TPSA) is 70.6 Å². The fourth-order valence-electron chi connectivity index (χ4n) is 3.77. The molecule has 0 spiro atoms. The summed E-state index contributed by atoms with van der Waals surface area (Å²) in [7, 11) is 0. The van der Waals surface area contributed by atoms with Gasteiger partial charge in [-0.05, 0) is 38.0 Å². The fourth-order valence-corrected chi connectivity index (χ4v) is 3.77. The van der Waals surface area contributed by atoms with Crippen LogP contribution in [0.1, 0.15) is 29.0 Å². The molecule has 1 amide bonds. The lowest BCUT2D eigenvalue weighted by Crippen LogP contribution is -2.47. The second kappa shape index (κ2) is 8.73. The summed E-state index contributed by atoms with van der Waals surface area (Å²) < 4.78 is 19.6. The van der Waals surface area contributed by atoms with Crippen molar-refractivity contribution >= 4 is 17.5 Å². The van der Waals surface area contributed by atoms with Crippen LogP contribution in [0.5, 0.6) is 0 Å². The molecule has 1 N–H and O–H groups in total. The van der Waals surface area contributed by atoms with Crippen molar-refractivity contribution in [2.75, 3.05) is 49.1 Å². The molecule has 1 aromatic heterocycles. The van der Waals surface area contributed by atoms with E-state index < -0.39 is 0 Å². The number of nitrogens with zero attached hydrogens (tertiary/aromatic N) is 4. The number of benzene rings is 1. The maximum atomic E-state index is 14.0. The molecule has 3 heterocycles. The van der Waals surface area contributed by atoms with E-state index in [1.807, 2.05) is 22.8 Å². The highest BCUT2D eigenvalue weighted by atomic mass is 19.1. The molecule has 7 nitrogen and oxygen atoms in total. The Labute approximate surface area is 169 Å². The van der Waals surface area contributed by atoms with Gasteiger partial charge in [0.15, 0.2) is 0 Å². The molecule has 1 atom stereocenters. The zero-order valence-electron chi connectivity index (χ0n) is 16.6. The van der Waals surface area contributed by atoms with E-state index in [4.69, 9.17) is 4.74 Å². The quantitative estimate of drug-likeness (QED) is 0.831. The molecule has 0 saturated carbocycles. The van der Waals surface area contributed by atoms with Crippen LogP contribution in [-0.4, -0.2) is 61.3 Å². The molecule has 2 aliphatic heterocycles. The van der Waals surface area contributed by atoms with Gasteiger partial charge in [-0.25, -0.2) is 14.4 Å². The van der Waals surface area contributed by atoms with Gasteiger partial charge in [-0.15, -0.1) is 0 Å². The first-order valence-corrected chi connectivity index (χ1v) is 10.1. The number of carbonyl (C=O) groups is 1. The number of anilines is 2. The van der Waals surface area contributed by atoms with Crippen LogP contribution < -0.4 is 15.1 Å². The van der Waals surface area contributed by atoms with Crippen molar-refractivity contribution in [1.82, 2.24) is 15.3 Å². The minimum Gasteiger partial charge on any atom is -0.376 e. The van der Waals surface area contributed by atoms with Crippen LogP contribution in [-0.2, 0) is 4.74 Å². The summed E-state index contributed by atoms with van der Waals surface area (Å²) in [6, 6.07) is 8.51. The summed E-state index contributed by atoms with van der Waals surface area (Å²) in [5, 5.41) is 2.91. The number of amides is 1. The van der Waals surface area contributed by atoms with E-state index in [0.717, 1.165) is 25.1 Å². The van der Waals surface area contributed by atoms with Gasteiger partial charge < -0.3 is 19.9 Å². The second-order valence-electron chi connectivity index (χ2n) is 7.47. The van der Waals surface area contributed by atoms with Gasteiger partial charge in [-0.2, -0.15) is 0 Å². The van der Waals surface area contributed by atoms with E-state index in [-0.39, 0.29) is 17.8 Å². The van der Waals surface area contributed by atoms with Crippen molar-refractivity contribution in [3.05, 3.63) is 47.5 Å². The van der Waals surface area contributed by atoms with Crippen molar-refractivity contribution in [1.29, 1.82) is 0 Å². The fraction of sp³-hybridized carbons (Fsp3) is 0.476.